The molecule has 1 atom stereocenters. The average Bonchev–Trinajstić information content (AvgIpc) is 2.95. The van der Waals surface area contributed by atoms with Gasteiger partial charge in [0.15, 0.2) is 0 Å². The molecule has 1 aliphatic heterocycles. The van der Waals surface area contributed by atoms with Crippen molar-refractivity contribution in [1.29, 1.82) is 0 Å². The van der Waals surface area contributed by atoms with E-state index in [-0.39, 0.29) is 17.9 Å². The molecule has 0 spiro atoms. The normalized spacial score (nSPS) is 17.5. The van der Waals surface area contributed by atoms with Crippen LogP contribution >= 0.6 is 0 Å². The lowest BCUT2D eigenvalue weighted by atomic mass is 10.1. The zero-order chi connectivity index (χ0) is 18.0. The Balaban J connectivity index is 1.65. The fourth-order valence-corrected chi connectivity index (χ4v) is 3.03. The minimum Gasteiger partial charge on any atom is -0.480 e. The molecule has 3 rings (SSSR count). The van der Waals surface area contributed by atoms with Gasteiger partial charge in [-0.2, -0.15) is 0 Å². The van der Waals surface area contributed by atoms with Crippen LogP contribution in [-0.4, -0.2) is 53.5 Å². The molecule has 1 N–H and O–H groups in total. The van der Waals surface area contributed by atoms with E-state index in [0.29, 0.717) is 37.0 Å². The molecule has 25 heavy (non-hydrogen) atoms. The van der Waals surface area contributed by atoms with Crippen molar-refractivity contribution in [2.75, 3.05) is 37.0 Å². The van der Waals surface area contributed by atoms with Gasteiger partial charge in [0.25, 0.3) is 0 Å². The van der Waals surface area contributed by atoms with E-state index in [1.807, 2.05) is 17.9 Å². The van der Waals surface area contributed by atoms with Crippen molar-refractivity contribution in [1.82, 2.24) is 14.7 Å². The maximum atomic E-state index is 14.0. The predicted molar refractivity (Wildman–Crippen MR) is 93.6 cm³/mol. The van der Waals surface area contributed by atoms with Gasteiger partial charge in [0.2, 0.25) is 5.88 Å². The fraction of sp³-hybridized carbons (Fsp3) is 0.412. The van der Waals surface area contributed by atoms with E-state index in [4.69, 9.17) is 4.74 Å². The summed E-state index contributed by atoms with van der Waals surface area (Å²) in [5.41, 5.74) is 0.575. The summed E-state index contributed by atoms with van der Waals surface area (Å²) in [4.78, 5) is 16.3. The number of nitrogens with zero attached hydrogens (tertiary/aromatic N) is 4. The number of aromatic nitrogens is 2. The number of hydrogen-bond donors (Lipinski definition) is 1. The summed E-state index contributed by atoms with van der Waals surface area (Å²) in [6.45, 7) is 3.61. The summed E-state index contributed by atoms with van der Waals surface area (Å²) in [7, 11) is 3.26. The third kappa shape index (κ3) is 3.52. The molecule has 1 aromatic carbocycles. The third-order valence-corrected chi connectivity index (χ3v) is 4.38. The number of aryl methyl sites for hydroxylation is 1. The highest BCUT2D eigenvalue weighted by molar-refractivity contribution is 5.89. The first kappa shape index (κ1) is 17.1. The van der Waals surface area contributed by atoms with E-state index in [1.54, 1.807) is 34.8 Å². The fourth-order valence-electron chi connectivity index (χ4n) is 3.03. The Kier molecular flexibility index (Phi) is 4.78. The van der Waals surface area contributed by atoms with Crippen LogP contribution < -0.4 is 15.0 Å². The summed E-state index contributed by atoms with van der Waals surface area (Å²) in [5, 5.41) is 6.96. The Labute approximate surface area is 146 Å². The number of carbonyl (C=O) groups is 1. The van der Waals surface area contributed by atoms with Crippen LogP contribution in [0.25, 0.3) is 0 Å². The lowest BCUT2D eigenvalue weighted by molar-refractivity contribution is 0.184. The average molecular weight is 347 g/mol. The standard InChI is InChI=1S/C17H22FN5O2/c1-12-11-22(14-7-5-4-6-13(14)18)8-9-23(12)17(24)19-15-10-16(25-3)20-21(15)2/h4-7,10,12H,8-9,11H2,1-3H3,(H,19,24). The topological polar surface area (TPSA) is 62.6 Å². The molecule has 0 bridgehead atoms. The van der Waals surface area contributed by atoms with Gasteiger partial charge in [-0.05, 0) is 19.1 Å². The minimum absolute atomic E-state index is 0.0523. The molecule has 1 aromatic heterocycles. The summed E-state index contributed by atoms with van der Waals surface area (Å²) in [6.07, 6.45) is 0. The number of urea groups is 1. The smallest absolute Gasteiger partial charge is 0.323 e. The van der Waals surface area contributed by atoms with Crippen molar-refractivity contribution in [3.05, 3.63) is 36.1 Å². The van der Waals surface area contributed by atoms with E-state index in [9.17, 15) is 9.18 Å². The van der Waals surface area contributed by atoms with Gasteiger partial charge in [0, 0.05) is 38.8 Å². The quantitative estimate of drug-likeness (QED) is 0.926. The number of hydrogen-bond acceptors (Lipinski definition) is 4. The van der Waals surface area contributed by atoms with E-state index < -0.39 is 0 Å². The van der Waals surface area contributed by atoms with E-state index in [1.165, 1.54) is 13.2 Å². The Hall–Kier alpha value is -2.77. The van der Waals surface area contributed by atoms with Gasteiger partial charge in [-0.1, -0.05) is 12.1 Å². The lowest BCUT2D eigenvalue weighted by Gasteiger charge is -2.40. The number of para-hydroxylation sites is 1. The highest BCUT2D eigenvalue weighted by atomic mass is 19.1. The number of amides is 2. The molecule has 0 aliphatic carbocycles. The number of rotatable bonds is 3. The number of anilines is 2. The zero-order valence-corrected chi connectivity index (χ0v) is 14.6. The molecule has 1 fully saturated rings. The van der Waals surface area contributed by atoms with Gasteiger partial charge in [0.1, 0.15) is 11.6 Å². The molecule has 2 heterocycles. The predicted octanol–water partition coefficient (Wildman–Crippen LogP) is 2.31. The summed E-state index contributed by atoms with van der Waals surface area (Å²) < 4.78 is 20.6. The van der Waals surface area contributed by atoms with Crippen LogP contribution in [0.4, 0.5) is 20.7 Å². The molecule has 2 aromatic rings. The number of ether oxygens (including phenoxy) is 1. The van der Waals surface area contributed by atoms with Gasteiger partial charge in [0.05, 0.1) is 12.8 Å². The van der Waals surface area contributed by atoms with Gasteiger partial charge in [-0.15, -0.1) is 5.10 Å². The number of piperazine rings is 1. The van der Waals surface area contributed by atoms with Crippen molar-refractivity contribution >= 4 is 17.5 Å². The SMILES string of the molecule is COc1cc(NC(=O)N2CCN(c3ccccc3F)CC2C)n(C)n1. The van der Waals surface area contributed by atoms with Crippen molar-refractivity contribution in [3.63, 3.8) is 0 Å². The molecular formula is C17H22FN5O2. The lowest BCUT2D eigenvalue weighted by Crippen LogP contribution is -2.55. The first-order chi connectivity index (χ1) is 12.0. The third-order valence-electron chi connectivity index (χ3n) is 4.38. The second kappa shape index (κ2) is 7.00. The number of nitrogens with one attached hydrogen (secondary N) is 1. The number of methoxy groups -OCH3 is 1. The van der Waals surface area contributed by atoms with Gasteiger partial charge in [-0.25, -0.2) is 13.9 Å². The van der Waals surface area contributed by atoms with E-state index >= 15 is 0 Å². The van der Waals surface area contributed by atoms with Crippen LogP contribution in [0, 0.1) is 5.82 Å². The molecule has 0 radical (unpaired) electrons. The summed E-state index contributed by atoms with van der Waals surface area (Å²) in [5.74, 6) is 0.760. The largest absolute Gasteiger partial charge is 0.480 e. The first-order valence-corrected chi connectivity index (χ1v) is 8.14. The molecule has 7 nitrogen and oxygen atoms in total. The Morgan fingerprint density at radius 2 is 2.12 bits per heavy atom. The van der Waals surface area contributed by atoms with Gasteiger partial charge in [-0.3, -0.25) is 5.32 Å². The maximum Gasteiger partial charge on any atom is 0.323 e. The van der Waals surface area contributed by atoms with Crippen LogP contribution in [0.3, 0.4) is 0 Å². The monoisotopic (exact) mass is 347 g/mol. The van der Waals surface area contributed by atoms with E-state index in [0.717, 1.165) is 0 Å². The molecule has 1 saturated heterocycles. The number of halogens is 1. The van der Waals surface area contributed by atoms with Crippen LogP contribution in [0.1, 0.15) is 6.92 Å². The highest BCUT2D eigenvalue weighted by Gasteiger charge is 2.29. The van der Waals surface area contributed by atoms with E-state index in [2.05, 4.69) is 10.4 Å². The first-order valence-electron chi connectivity index (χ1n) is 8.14. The molecule has 134 valence electrons. The van der Waals surface area contributed by atoms with Crippen molar-refractivity contribution in [2.45, 2.75) is 13.0 Å². The molecule has 0 saturated carbocycles. The van der Waals surface area contributed by atoms with Crippen molar-refractivity contribution < 1.29 is 13.9 Å². The second-order valence-corrected chi connectivity index (χ2v) is 6.07. The van der Waals surface area contributed by atoms with Crippen LogP contribution in [-0.2, 0) is 7.05 Å². The van der Waals surface area contributed by atoms with Crippen LogP contribution in [0.5, 0.6) is 5.88 Å². The van der Waals surface area contributed by atoms with Gasteiger partial charge < -0.3 is 14.5 Å². The Morgan fingerprint density at radius 1 is 1.36 bits per heavy atom. The molecule has 8 heteroatoms. The molecular weight excluding hydrogens is 325 g/mol. The summed E-state index contributed by atoms with van der Waals surface area (Å²) >= 11 is 0. The molecule has 1 unspecified atom stereocenters. The Bertz CT molecular complexity index is 763. The highest BCUT2D eigenvalue weighted by Crippen LogP contribution is 2.23. The second-order valence-electron chi connectivity index (χ2n) is 6.07. The molecule has 1 aliphatic rings. The Morgan fingerprint density at radius 3 is 2.76 bits per heavy atom. The summed E-state index contributed by atoms with van der Waals surface area (Å²) in [6, 6.07) is 8.12. The van der Waals surface area contributed by atoms with Crippen molar-refractivity contribution in [3.8, 4) is 5.88 Å². The van der Waals surface area contributed by atoms with Crippen LogP contribution in [0.2, 0.25) is 0 Å². The number of carbonyl (C=O) groups excluding carboxylic acids is 1. The maximum absolute atomic E-state index is 14.0. The molecule has 2 amide bonds. The zero-order valence-electron chi connectivity index (χ0n) is 14.6. The number of benzene rings is 1. The van der Waals surface area contributed by atoms with Crippen LogP contribution in [0.15, 0.2) is 30.3 Å². The minimum atomic E-state index is -0.241. The van der Waals surface area contributed by atoms with Gasteiger partial charge >= 0.3 is 6.03 Å². The van der Waals surface area contributed by atoms with Crippen molar-refractivity contribution in [2.24, 2.45) is 7.05 Å².